The van der Waals surface area contributed by atoms with Crippen LogP contribution in [0.15, 0.2) is 47.1 Å². The Morgan fingerprint density at radius 2 is 1.95 bits per heavy atom. The molecule has 1 unspecified atom stereocenters. The topological polar surface area (TPSA) is 45.5 Å². The van der Waals surface area contributed by atoms with Crippen LogP contribution < -0.4 is 5.32 Å². The van der Waals surface area contributed by atoms with Gasteiger partial charge in [0.1, 0.15) is 0 Å². The number of carbonyl (C=O) groups is 1. The van der Waals surface area contributed by atoms with Crippen molar-refractivity contribution in [2.75, 3.05) is 20.6 Å². The Bertz CT molecular complexity index is 559. The maximum atomic E-state index is 11.9. The molecule has 1 N–H and O–H groups in total. The fraction of sp³-hybridized carbons (Fsp3) is 0.353. The molecule has 1 amide bonds. The standard InChI is InChI=1S/C17H22N2O2/c1-4-13-7-9-14(10-8-13)15(19(2)3)12-18-17(20)16-6-5-11-21-16/h5-11,15H,4,12H2,1-3H3,(H,18,20). The highest BCUT2D eigenvalue weighted by molar-refractivity contribution is 5.91. The van der Waals surface area contributed by atoms with Crippen molar-refractivity contribution in [1.29, 1.82) is 0 Å². The quantitative estimate of drug-likeness (QED) is 0.888. The molecule has 0 radical (unpaired) electrons. The molecule has 1 atom stereocenters. The molecule has 21 heavy (non-hydrogen) atoms. The van der Waals surface area contributed by atoms with Gasteiger partial charge in [0.15, 0.2) is 5.76 Å². The Morgan fingerprint density at radius 1 is 1.24 bits per heavy atom. The van der Waals surface area contributed by atoms with Crippen molar-refractivity contribution in [3.05, 3.63) is 59.5 Å². The van der Waals surface area contributed by atoms with Crippen LogP contribution >= 0.6 is 0 Å². The average Bonchev–Trinajstić information content (AvgIpc) is 3.02. The minimum atomic E-state index is -0.183. The monoisotopic (exact) mass is 286 g/mol. The molecule has 1 heterocycles. The first-order valence-electron chi connectivity index (χ1n) is 7.18. The predicted molar refractivity (Wildman–Crippen MR) is 83.3 cm³/mol. The number of likely N-dealkylation sites (N-methyl/N-ethyl adjacent to an activating group) is 1. The molecule has 0 spiro atoms. The molecule has 4 nitrogen and oxygen atoms in total. The molecule has 0 bridgehead atoms. The molecule has 2 aromatic rings. The van der Waals surface area contributed by atoms with Crippen LogP contribution in [0.2, 0.25) is 0 Å². The van der Waals surface area contributed by atoms with E-state index in [1.165, 1.54) is 17.4 Å². The van der Waals surface area contributed by atoms with Crippen molar-refractivity contribution in [3.63, 3.8) is 0 Å². The lowest BCUT2D eigenvalue weighted by Gasteiger charge is -2.25. The Kier molecular flexibility index (Phi) is 5.17. The van der Waals surface area contributed by atoms with Crippen molar-refractivity contribution in [2.45, 2.75) is 19.4 Å². The molecular weight excluding hydrogens is 264 g/mol. The zero-order valence-electron chi connectivity index (χ0n) is 12.8. The minimum Gasteiger partial charge on any atom is -0.459 e. The molecule has 0 saturated carbocycles. The summed E-state index contributed by atoms with van der Waals surface area (Å²) in [5.41, 5.74) is 2.51. The van der Waals surface area contributed by atoms with E-state index in [-0.39, 0.29) is 11.9 Å². The Labute approximate surface area is 125 Å². The number of amides is 1. The number of carbonyl (C=O) groups excluding carboxylic acids is 1. The smallest absolute Gasteiger partial charge is 0.287 e. The molecular formula is C17H22N2O2. The van der Waals surface area contributed by atoms with Gasteiger partial charge in [0, 0.05) is 6.54 Å². The third kappa shape index (κ3) is 3.95. The van der Waals surface area contributed by atoms with Crippen LogP contribution in [-0.4, -0.2) is 31.4 Å². The highest BCUT2D eigenvalue weighted by Gasteiger charge is 2.16. The number of hydrogen-bond donors (Lipinski definition) is 1. The number of nitrogens with zero attached hydrogens (tertiary/aromatic N) is 1. The van der Waals surface area contributed by atoms with Crippen LogP contribution in [0.5, 0.6) is 0 Å². The average molecular weight is 286 g/mol. The summed E-state index contributed by atoms with van der Waals surface area (Å²) in [6, 6.07) is 12.0. The van der Waals surface area contributed by atoms with E-state index in [1.54, 1.807) is 12.1 Å². The number of furan rings is 1. The van der Waals surface area contributed by atoms with E-state index in [1.807, 2.05) is 14.1 Å². The molecule has 1 aromatic carbocycles. The fourth-order valence-electron chi connectivity index (χ4n) is 2.26. The van der Waals surface area contributed by atoms with E-state index in [9.17, 15) is 4.79 Å². The summed E-state index contributed by atoms with van der Waals surface area (Å²) >= 11 is 0. The second-order valence-corrected chi connectivity index (χ2v) is 5.26. The van der Waals surface area contributed by atoms with Gasteiger partial charge in [-0.25, -0.2) is 0 Å². The molecule has 4 heteroatoms. The number of nitrogens with one attached hydrogen (secondary N) is 1. The molecule has 112 valence electrons. The second-order valence-electron chi connectivity index (χ2n) is 5.26. The van der Waals surface area contributed by atoms with Gasteiger partial charge in [-0.15, -0.1) is 0 Å². The molecule has 0 aliphatic carbocycles. The zero-order valence-corrected chi connectivity index (χ0v) is 12.8. The molecule has 0 aliphatic heterocycles. The van der Waals surface area contributed by atoms with Gasteiger partial charge >= 0.3 is 0 Å². The molecule has 0 fully saturated rings. The van der Waals surface area contributed by atoms with Gasteiger partial charge < -0.3 is 14.6 Å². The minimum absolute atomic E-state index is 0.134. The summed E-state index contributed by atoms with van der Waals surface area (Å²) in [6.45, 7) is 2.68. The van der Waals surface area contributed by atoms with E-state index in [2.05, 4.69) is 41.4 Å². The summed E-state index contributed by atoms with van der Waals surface area (Å²) in [4.78, 5) is 14.0. The first-order valence-corrected chi connectivity index (χ1v) is 7.18. The van der Waals surface area contributed by atoms with E-state index in [0.717, 1.165) is 6.42 Å². The third-order valence-electron chi connectivity index (χ3n) is 3.60. The van der Waals surface area contributed by atoms with E-state index >= 15 is 0 Å². The summed E-state index contributed by atoms with van der Waals surface area (Å²) in [5.74, 6) is 0.158. The number of benzene rings is 1. The number of rotatable bonds is 6. The normalized spacial score (nSPS) is 12.4. The number of aryl methyl sites for hydroxylation is 1. The SMILES string of the molecule is CCc1ccc(C(CNC(=O)c2ccco2)N(C)C)cc1. The maximum Gasteiger partial charge on any atom is 0.287 e. The first-order chi connectivity index (χ1) is 10.1. The zero-order chi connectivity index (χ0) is 15.2. The summed E-state index contributed by atoms with van der Waals surface area (Å²) in [6.07, 6.45) is 2.53. The summed E-state index contributed by atoms with van der Waals surface area (Å²) in [5, 5.41) is 2.92. The van der Waals surface area contributed by atoms with Gasteiger partial charge in [0.2, 0.25) is 0 Å². The maximum absolute atomic E-state index is 11.9. The highest BCUT2D eigenvalue weighted by Crippen LogP contribution is 2.18. The summed E-state index contributed by atoms with van der Waals surface area (Å²) < 4.78 is 5.10. The molecule has 0 aliphatic rings. The van der Waals surface area contributed by atoms with Crippen LogP contribution in [0.4, 0.5) is 0 Å². The Morgan fingerprint density at radius 3 is 2.48 bits per heavy atom. The predicted octanol–water partition coefficient (Wildman–Crippen LogP) is 2.87. The molecule has 0 saturated heterocycles. The van der Waals surface area contributed by atoms with Crippen LogP contribution in [-0.2, 0) is 6.42 Å². The van der Waals surface area contributed by atoms with Crippen molar-refractivity contribution >= 4 is 5.91 Å². The largest absolute Gasteiger partial charge is 0.459 e. The van der Waals surface area contributed by atoms with Crippen molar-refractivity contribution < 1.29 is 9.21 Å². The highest BCUT2D eigenvalue weighted by atomic mass is 16.3. The van der Waals surface area contributed by atoms with Gasteiger partial charge in [0.05, 0.1) is 12.3 Å². The Hall–Kier alpha value is -2.07. The van der Waals surface area contributed by atoms with Crippen LogP contribution in [0.3, 0.4) is 0 Å². The van der Waals surface area contributed by atoms with Gasteiger partial charge in [-0.1, -0.05) is 31.2 Å². The lowest BCUT2D eigenvalue weighted by molar-refractivity contribution is 0.0914. The van der Waals surface area contributed by atoms with Crippen LogP contribution in [0.25, 0.3) is 0 Å². The first kappa shape index (κ1) is 15.3. The van der Waals surface area contributed by atoms with Crippen molar-refractivity contribution in [2.24, 2.45) is 0 Å². The van der Waals surface area contributed by atoms with Gasteiger partial charge in [-0.3, -0.25) is 4.79 Å². The molecule has 2 rings (SSSR count). The van der Waals surface area contributed by atoms with Crippen molar-refractivity contribution in [1.82, 2.24) is 10.2 Å². The van der Waals surface area contributed by atoms with Crippen molar-refractivity contribution in [3.8, 4) is 0 Å². The lowest BCUT2D eigenvalue weighted by atomic mass is 10.0. The molecule has 1 aromatic heterocycles. The Balaban J connectivity index is 2.03. The van der Waals surface area contributed by atoms with Crippen LogP contribution in [0.1, 0.15) is 34.6 Å². The van der Waals surface area contributed by atoms with Gasteiger partial charge in [0.25, 0.3) is 5.91 Å². The fourth-order valence-corrected chi connectivity index (χ4v) is 2.26. The van der Waals surface area contributed by atoms with Gasteiger partial charge in [-0.05, 0) is 43.8 Å². The van der Waals surface area contributed by atoms with Crippen LogP contribution in [0, 0.1) is 0 Å². The lowest BCUT2D eigenvalue weighted by Crippen LogP contribution is -2.34. The number of hydrogen-bond acceptors (Lipinski definition) is 3. The summed E-state index contributed by atoms with van der Waals surface area (Å²) in [7, 11) is 4.02. The van der Waals surface area contributed by atoms with E-state index < -0.39 is 0 Å². The van der Waals surface area contributed by atoms with Gasteiger partial charge in [-0.2, -0.15) is 0 Å². The second kappa shape index (κ2) is 7.09. The van der Waals surface area contributed by atoms with E-state index in [0.29, 0.717) is 12.3 Å². The van der Waals surface area contributed by atoms with E-state index in [4.69, 9.17) is 4.42 Å². The third-order valence-corrected chi connectivity index (χ3v) is 3.60.